The van der Waals surface area contributed by atoms with E-state index in [1.54, 1.807) is 22.5 Å². The number of nitrogens with one attached hydrogen (secondary N) is 1. The van der Waals surface area contributed by atoms with Crippen molar-refractivity contribution in [1.82, 2.24) is 9.62 Å². The molecule has 4 nitrogen and oxygen atoms in total. The molecule has 24 heavy (non-hydrogen) atoms. The Hall–Kier alpha value is -0.0400. The van der Waals surface area contributed by atoms with Gasteiger partial charge in [0.1, 0.15) is 0 Å². The Bertz CT molecular complexity index is 657. The SMILES string of the molecule is Cl.O=S(=O)(Cc1ccc(Cl)c(Cl)c1)N1CCC(NCC2CC2)CC1. The summed E-state index contributed by atoms with van der Waals surface area (Å²) in [6.07, 6.45) is 4.44. The summed E-state index contributed by atoms with van der Waals surface area (Å²) in [5, 5.41) is 4.40. The minimum atomic E-state index is -3.30. The molecule has 136 valence electrons. The maximum Gasteiger partial charge on any atom is 0.218 e. The van der Waals surface area contributed by atoms with E-state index in [1.807, 2.05) is 0 Å². The Morgan fingerprint density at radius 3 is 2.33 bits per heavy atom. The predicted molar refractivity (Wildman–Crippen MR) is 102 cm³/mol. The summed E-state index contributed by atoms with van der Waals surface area (Å²) in [6, 6.07) is 5.44. The van der Waals surface area contributed by atoms with E-state index in [9.17, 15) is 8.42 Å². The van der Waals surface area contributed by atoms with Crippen LogP contribution in [-0.2, 0) is 15.8 Å². The molecular weight excluding hydrogens is 391 g/mol. The van der Waals surface area contributed by atoms with Gasteiger partial charge in [0.15, 0.2) is 0 Å². The molecule has 0 amide bonds. The van der Waals surface area contributed by atoms with Gasteiger partial charge < -0.3 is 5.32 Å². The van der Waals surface area contributed by atoms with Crippen LogP contribution in [0.4, 0.5) is 0 Å². The first-order valence-electron chi connectivity index (χ1n) is 8.09. The topological polar surface area (TPSA) is 49.4 Å². The molecule has 8 heteroatoms. The third-order valence-corrected chi connectivity index (χ3v) is 7.16. The zero-order valence-corrected chi connectivity index (χ0v) is 16.5. The number of hydrogen-bond acceptors (Lipinski definition) is 3. The van der Waals surface area contributed by atoms with E-state index in [-0.39, 0.29) is 18.2 Å². The number of benzene rings is 1. The first kappa shape index (κ1) is 20.3. The zero-order chi connectivity index (χ0) is 16.4. The van der Waals surface area contributed by atoms with Gasteiger partial charge in [0.05, 0.1) is 15.8 Å². The van der Waals surface area contributed by atoms with Crippen molar-refractivity contribution in [3.8, 4) is 0 Å². The van der Waals surface area contributed by atoms with Crippen LogP contribution in [0.15, 0.2) is 18.2 Å². The fourth-order valence-electron chi connectivity index (χ4n) is 2.92. The molecule has 0 aromatic heterocycles. The van der Waals surface area contributed by atoms with Crippen LogP contribution in [-0.4, -0.2) is 38.4 Å². The molecule has 1 aromatic rings. The third kappa shape index (κ3) is 5.48. The van der Waals surface area contributed by atoms with Gasteiger partial charge in [-0.1, -0.05) is 29.3 Å². The van der Waals surface area contributed by atoms with Crippen LogP contribution in [0.1, 0.15) is 31.2 Å². The molecule has 0 bridgehead atoms. The van der Waals surface area contributed by atoms with Gasteiger partial charge >= 0.3 is 0 Å². The monoisotopic (exact) mass is 412 g/mol. The quantitative estimate of drug-likeness (QED) is 0.773. The second kappa shape index (κ2) is 8.56. The second-order valence-corrected chi connectivity index (χ2v) is 9.31. The van der Waals surface area contributed by atoms with Crippen LogP contribution < -0.4 is 5.32 Å². The Morgan fingerprint density at radius 2 is 1.75 bits per heavy atom. The summed E-state index contributed by atoms with van der Waals surface area (Å²) in [5.74, 6) is 0.829. The van der Waals surface area contributed by atoms with Gasteiger partial charge in [-0.2, -0.15) is 0 Å². The fourth-order valence-corrected chi connectivity index (χ4v) is 4.80. The molecule has 3 rings (SSSR count). The Balaban J connectivity index is 0.00000208. The summed E-state index contributed by atoms with van der Waals surface area (Å²) in [6.45, 7) is 2.26. The van der Waals surface area contributed by atoms with Crippen molar-refractivity contribution in [1.29, 1.82) is 0 Å². The number of halogens is 3. The second-order valence-electron chi connectivity index (χ2n) is 6.53. The van der Waals surface area contributed by atoms with E-state index < -0.39 is 10.0 Å². The molecule has 1 heterocycles. The normalized spacial score (nSPS) is 19.9. The van der Waals surface area contributed by atoms with Crippen molar-refractivity contribution in [2.45, 2.75) is 37.5 Å². The standard InChI is InChI=1S/C16H22Cl2N2O2S.ClH/c17-15-4-3-13(9-16(15)18)11-23(21,22)20-7-5-14(6-8-20)19-10-12-1-2-12;/h3-4,9,12,14,19H,1-2,5-8,10-11H2;1H. The number of nitrogens with zero attached hydrogens (tertiary/aromatic N) is 1. The lowest BCUT2D eigenvalue weighted by molar-refractivity contribution is 0.287. The maximum atomic E-state index is 12.6. The van der Waals surface area contributed by atoms with E-state index in [4.69, 9.17) is 23.2 Å². The minimum absolute atomic E-state index is 0. The van der Waals surface area contributed by atoms with E-state index in [0.29, 0.717) is 34.7 Å². The first-order valence-corrected chi connectivity index (χ1v) is 10.5. The van der Waals surface area contributed by atoms with Crippen LogP contribution in [0, 0.1) is 5.92 Å². The van der Waals surface area contributed by atoms with Gasteiger partial charge in [0.2, 0.25) is 10.0 Å². The summed E-state index contributed by atoms with van der Waals surface area (Å²) in [4.78, 5) is 0. The van der Waals surface area contributed by atoms with E-state index in [0.717, 1.165) is 25.3 Å². The Labute approximate surface area is 160 Å². The van der Waals surface area contributed by atoms with Crippen LogP contribution in [0.5, 0.6) is 0 Å². The smallest absolute Gasteiger partial charge is 0.218 e. The van der Waals surface area contributed by atoms with Gasteiger partial charge in [-0.25, -0.2) is 12.7 Å². The predicted octanol–water partition coefficient (Wildman–Crippen LogP) is 3.71. The highest BCUT2D eigenvalue weighted by Gasteiger charge is 2.29. The van der Waals surface area contributed by atoms with Gasteiger partial charge in [-0.05, 0) is 55.8 Å². The van der Waals surface area contributed by atoms with Crippen molar-refractivity contribution >= 4 is 45.6 Å². The van der Waals surface area contributed by atoms with Crippen LogP contribution in [0.2, 0.25) is 10.0 Å². The maximum absolute atomic E-state index is 12.6. The van der Waals surface area contributed by atoms with Gasteiger partial charge in [-0.3, -0.25) is 0 Å². The van der Waals surface area contributed by atoms with Crippen molar-refractivity contribution in [3.05, 3.63) is 33.8 Å². The van der Waals surface area contributed by atoms with E-state index >= 15 is 0 Å². The average molecular weight is 414 g/mol. The number of hydrogen-bond donors (Lipinski definition) is 1. The van der Waals surface area contributed by atoms with E-state index in [2.05, 4.69) is 5.32 Å². The molecule has 2 fully saturated rings. The minimum Gasteiger partial charge on any atom is -0.314 e. The van der Waals surface area contributed by atoms with Crippen molar-refractivity contribution in [2.24, 2.45) is 5.92 Å². The highest BCUT2D eigenvalue weighted by molar-refractivity contribution is 7.88. The highest BCUT2D eigenvalue weighted by atomic mass is 35.5. The molecular formula is C16H23Cl3N2O2S. The molecule has 1 aliphatic carbocycles. The lowest BCUT2D eigenvalue weighted by Gasteiger charge is -2.31. The fraction of sp³-hybridized carbons (Fsp3) is 0.625. The number of sulfonamides is 1. The molecule has 1 saturated carbocycles. The summed E-state index contributed by atoms with van der Waals surface area (Å²) >= 11 is 11.8. The van der Waals surface area contributed by atoms with Crippen molar-refractivity contribution in [2.75, 3.05) is 19.6 Å². The van der Waals surface area contributed by atoms with Crippen molar-refractivity contribution in [3.63, 3.8) is 0 Å². The van der Waals surface area contributed by atoms with Crippen LogP contribution in [0.25, 0.3) is 0 Å². The van der Waals surface area contributed by atoms with E-state index in [1.165, 1.54) is 12.8 Å². The molecule has 0 radical (unpaired) electrons. The third-order valence-electron chi connectivity index (χ3n) is 4.57. The van der Waals surface area contributed by atoms with Gasteiger partial charge in [0.25, 0.3) is 0 Å². The van der Waals surface area contributed by atoms with Gasteiger partial charge in [0, 0.05) is 19.1 Å². The average Bonchev–Trinajstić information content (AvgIpc) is 3.33. The molecule has 0 spiro atoms. The van der Waals surface area contributed by atoms with Crippen molar-refractivity contribution < 1.29 is 8.42 Å². The molecule has 2 aliphatic rings. The number of rotatable bonds is 6. The molecule has 1 saturated heterocycles. The molecule has 1 aromatic carbocycles. The largest absolute Gasteiger partial charge is 0.314 e. The summed E-state index contributed by atoms with van der Waals surface area (Å²) < 4.78 is 26.7. The number of piperidine rings is 1. The van der Waals surface area contributed by atoms with Gasteiger partial charge in [-0.15, -0.1) is 12.4 Å². The molecule has 1 aliphatic heterocycles. The highest BCUT2D eigenvalue weighted by Crippen LogP contribution is 2.28. The molecule has 1 N–H and O–H groups in total. The first-order chi connectivity index (χ1) is 10.9. The Kier molecular flexibility index (Phi) is 7.23. The molecule has 0 atom stereocenters. The Morgan fingerprint density at radius 1 is 1.08 bits per heavy atom. The summed E-state index contributed by atoms with van der Waals surface area (Å²) in [5.41, 5.74) is 0.674. The van der Waals surface area contributed by atoms with Crippen LogP contribution in [0.3, 0.4) is 0 Å². The van der Waals surface area contributed by atoms with Crippen LogP contribution >= 0.6 is 35.6 Å². The molecule has 0 unspecified atom stereocenters. The summed E-state index contributed by atoms with van der Waals surface area (Å²) in [7, 11) is -3.30. The zero-order valence-electron chi connectivity index (χ0n) is 13.4. The lowest BCUT2D eigenvalue weighted by Crippen LogP contribution is -2.45. The lowest BCUT2D eigenvalue weighted by atomic mass is 10.1.